The number of amides is 1. The molecule has 7 heteroatoms. The van der Waals surface area contributed by atoms with Crippen LogP contribution in [0.3, 0.4) is 0 Å². The smallest absolute Gasteiger partial charge is 0.287 e. The average molecular weight is 364 g/mol. The quantitative estimate of drug-likeness (QED) is 0.354. The Balaban J connectivity index is 1.69. The van der Waals surface area contributed by atoms with Crippen LogP contribution in [0.2, 0.25) is 0 Å². The fraction of sp³-hybridized carbons (Fsp3) is 0.684. The van der Waals surface area contributed by atoms with Gasteiger partial charge in [0.15, 0.2) is 11.7 Å². The zero-order valence-electron chi connectivity index (χ0n) is 16.1. The van der Waals surface area contributed by atoms with Crippen LogP contribution in [-0.2, 0) is 0 Å². The Hall–Kier alpha value is -2.02. The Morgan fingerprint density at radius 2 is 2.12 bits per heavy atom. The minimum atomic E-state index is -0.200. The third-order valence-corrected chi connectivity index (χ3v) is 4.67. The number of rotatable bonds is 9. The Bertz CT molecular complexity index is 544. The minimum Gasteiger partial charge on any atom is -0.459 e. The number of carbonyl (C=O) groups is 1. The molecule has 3 N–H and O–H groups in total. The molecule has 0 spiro atoms. The maximum Gasteiger partial charge on any atom is 0.287 e. The second kappa shape index (κ2) is 11.6. The number of likely N-dealkylation sites (tertiary alicyclic amines) is 1. The van der Waals surface area contributed by atoms with Gasteiger partial charge >= 0.3 is 0 Å². The number of nitrogens with zero attached hydrogens (tertiary/aromatic N) is 2. The molecule has 1 atom stereocenters. The Morgan fingerprint density at radius 3 is 2.85 bits per heavy atom. The zero-order valence-corrected chi connectivity index (χ0v) is 16.1. The van der Waals surface area contributed by atoms with Gasteiger partial charge in [-0.3, -0.25) is 14.7 Å². The van der Waals surface area contributed by atoms with Gasteiger partial charge in [0.1, 0.15) is 0 Å². The molecule has 7 nitrogen and oxygen atoms in total. The van der Waals surface area contributed by atoms with E-state index in [0.717, 1.165) is 25.6 Å². The van der Waals surface area contributed by atoms with Gasteiger partial charge in [-0.05, 0) is 44.9 Å². The van der Waals surface area contributed by atoms with E-state index in [-0.39, 0.29) is 5.91 Å². The van der Waals surface area contributed by atoms with Crippen molar-refractivity contribution in [3.05, 3.63) is 24.2 Å². The summed E-state index contributed by atoms with van der Waals surface area (Å²) >= 11 is 0. The second-order valence-electron chi connectivity index (χ2n) is 6.51. The van der Waals surface area contributed by atoms with Crippen molar-refractivity contribution in [3.8, 4) is 0 Å². The van der Waals surface area contributed by atoms with E-state index in [1.807, 2.05) is 6.92 Å². The molecule has 0 aromatic carbocycles. The van der Waals surface area contributed by atoms with Crippen LogP contribution in [-0.4, -0.2) is 62.1 Å². The molecule has 1 unspecified atom stereocenters. The standard InChI is InChI=1S/C19H33N5O2/c1-3-16-8-5-6-13-24(16)14-12-23-19(20-4-2)22-11-10-21-18(25)17-9-7-15-26-17/h7,9,15-16H,3-6,8,10-14H2,1-2H3,(H,21,25)(H2,20,22,23). The molecular formula is C19H33N5O2. The first-order valence-electron chi connectivity index (χ1n) is 9.82. The number of guanidine groups is 1. The van der Waals surface area contributed by atoms with E-state index in [4.69, 9.17) is 4.42 Å². The van der Waals surface area contributed by atoms with Gasteiger partial charge in [0.05, 0.1) is 12.8 Å². The van der Waals surface area contributed by atoms with Crippen molar-refractivity contribution < 1.29 is 9.21 Å². The summed E-state index contributed by atoms with van der Waals surface area (Å²) in [6.07, 6.45) is 6.68. The summed E-state index contributed by atoms with van der Waals surface area (Å²) in [4.78, 5) is 19.0. The van der Waals surface area contributed by atoms with Gasteiger partial charge in [-0.25, -0.2) is 0 Å². The zero-order chi connectivity index (χ0) is 18.6. The van der Waals surface area contributed by atoms with Crippen LogP contribution in [0, 0.1) is 0 Å². The lowest BCUT2D eigenvalue weighted by molar-refractivity contribution is 0.0926. The normalized spacial score (nSPS) is 18.5. The van der Waals surface area contributed by atoms with E-state index >= 15 is 0 Å². The molecule has 26 heavy (non-hydrogen) atoms. The number of furan rings is 1. The Kier molecular flexibility index (Phi) is 9.03. The fourth-order valence-electron chi connectivity index (χ4n) is 3.30. The summed E-state index contributed by atoms with van der Waals surface area (Å²) in [5, 5.41) is 9.33. The van der Waals surface area contributed by atoms with Crippen molar-refractivity contribution in [1.29, 1.82) is 0 Å². The second-order valence-corrected chi connectivity index (χ2v) is 6.51. The van der Waals surface area contributed by atoms with E-state index < -0.39 is 0 Å². The van der Waals surface area contributed by atoms with Crippen molar-refractivity contribution in [2.45, 2.75) is 45.6 Å². The van der Waals surface area contributed by atoms with Crippen LogP contribution in [0.25, 0.3) is 0 Å². The lowest BCUT2D eigenvalue weighted by Gasteiger charge is -2.34. The van der Waals surface area contributed by atoms with E-state index in [0.29, 0.717) is 24.9 Å². The summed E-state index contributed by atoms with van der Waals surface area (Å²) in [6, 6.07) is 4.07. The van der Waals surface area contributed by atoms with Crippen LogP contribution in [0.5, 0.6) is 0 Å². The average Bonchev–Trinajstić information content (AvgIpc) is 3.20. The molecule has 1 amide bonds. The molecule has 0 aliphatic carbocycles. The van der Waals surface area contributed by atoms with Crippen molar-refractivity contribution in [3.63, 3.8) is 0 Å². The van der Waals surface area contributed by atoms with Gasteiger partial charge in [0.2, 0.25) is 0 Å². The largest absolute Gasteiger partial charge is 0.459 e. The highest BCUT2D eigenvalue weighted by Gasteiger charge is 2.19. The SMILES string of the molecule is CCNC(=NCCN1CCCCC1CC)NCCNC(=O)c1ccco1. The molecule has 1 aromatic rings. The van der Waals surface area contributed by atoms with E-state index in [2.05, 4.69) is 32.8 Å². The third kappa shape index (κ3) is 6.71. The van der Waals surface area contributed by atoms with E-state index in [1.54, 1.807) is 12.1 Å². The number of carbonyl (C=O) groups excluding carboxylic acids is 1. The van der Waals surface area contributed by atoms with E-state index in [9.17, 15) is 4.79 Å². The first-order chi connectivity index (χ1) is 12.7. The first kappa shape index (κ1) is 20.3. The number of piperidine rings is 1. The van der Waals surface area contributed by atoms with E-state index in [1.165, 1.54) is 38.5 Å². The minimum absolute atomic E-state index is 0.200. The number of hydrogen-bond donors (Lipinski definition) is 3. The molecule has 1 aliphatic heterocycles. The maximum atomic E-state index is 11.8. The van der Waals surface area contributed by atoms with Gasteiger partial charge in [-0.15, -0.1) is 0 Å². The monoisotopic (exact) mass is 363 g/mol. The molecule has 2 rings (SSSR count). The summed E-state index contributed by atoms with van der Waals surface area (Å²) in [5.74, 6) is 0.928. The van der Waals surface area contributed by atoms with Gasteiger partial charge in [-0.2, -0.15) is 0 Å². The predicted octanol–water partition coefficient (Wildman–Crippen LogP) is 1.83. The molecule has 0 bridgehead atoms. The highest BCUT2D eigenvalue weighted by Crippen LogP contribution is 2.18. The van der Waals surface area contributed by atoms with Gasteiger partial charge in [0, 0.05) is 32.2 Å². The van der Waals surface area contributed by atoms with Crippen molar-refractivity contribution in [1.82, 2.24) is 20.9 Å². The van der Waals surface area contributed by atoms with Crippen LogP contribution >= 0.6 is 0 Å². The van der Waals surface area contributed by atoms with Crippen LogP contribution < -0.4 is 16.0 Å². The van der Waals surface area contributed by atoms with Gasteiger partial charge in [-0.1, -0.05) is 13.3 Å². The Labute approximate surface area is 156 Å². The summed E-state index contributed by atoms with van der Waals surface area (Å²) in [5.41, 5.74) is 0. The third-order valence-electron chi connectivity index (χ3n) is 4.67. The lowest BCUT2D eigenvalue weighted by Crippen LogP contribution is -2.43. The molecule has 1 saturated heterocycles. The number of aliphatic imine (C=N–C) groups is 1. The molecular weight excluding hydrogens is 330 g/mol. The predicted molar refractivity (Wildman–Crippen MR) is 105 cm³/mol. The highest BCUT2D eigenvalue weighted by atomic mass is 16.3. The molecule has 0 radical (unpaired) electrons. The lowest BCUT2D eigenvalue weighted by atomic mass is 10.0. The Morgan fingerprint density at radius 1 is 1.27 bits per heavy atom. The molecule has 0 saturated carbocycles. The van der Waals surface area contributed by atoms with Crippen molar-refractivity contribution >= 4 is 11.9 Å². The summed E-state index contributed by atoms with van der Waals surface area (Å²) in [6.45, 7) is 9.23. The van der Waals surface area contributed by atoms with Crippen molar-refractivity contribution in [2.24, 2.45) is 4.99 Å². The number of nitrogens with one attached hydrogen (secondary N) is 3. The molecule has 1 fully saturated rings. The highest BCUT2D eigenvalue weighted by molar-refractivity contribution is 5.91. The molecule has 1 aliphatic rings. The number of hydrogen-bond acceptors (Lipinski definition) is 4. The molecule has 146 valence electrons. The van der Waals surface area contributed by atoms with Gasteiger partial charge < -0.3 is 20.4 Å². The van der Waals surface area contributed by atoms with Crippen LogP contribution in [0.15, 0.2) is 27.8 Å². The van der Waals surface area contributed by atoms with Crippen LogP contribution in [0.4, 0.5) is 0 Å². The molecule has 2 heterocycles. The summed E-state index contributed by atoms with van der Waals surface area (Å²) < 4.78 is 5.07. The fourth-order valence-corrected chi connectivity index (χ4v) is 3.30. The van der Waals surface area contributed by atoms with Crippen molar-refractivity contribution in [2.75, 3.05) is 39.3 Å². The van der Waals surface area contributed by atoms with Gasteiger partial charge in [0.25, 0.3) is 5.91 Å². The maximum absolute atomic E-state index is 11.8. The van der Waals surface area contributed by atoms with Crippen LogP contribution in [0.1, 0.15) is 50.1 Å². The summed E-state index contributed by atoms with van der Waals surface area (Å²) in [7, 11) is 0. The molecule has 1 aromatic heterocycles. The topological polar surface area (TPSA) is 81.9 Å². The first-order valence-corrected chi connectivity index (χ1v) is 9.82.